The van der Waals surface area contributed by atoms with E-state index in [1.807, 2.05) is 0 Å². The van der Waals surface area contributed by atoms with Crippen molar-refractivity contribution in [3.05, 3.63) is 17.9 Å². The first-order valence-corrected chi connectivity index (χ1v) is 7.37. The van der Waals surface area contributed by atoms with Crippen LogP contribution in [-0.4, -0.2) is 43.4 Å². The molecule has 0 bridgehead atoms. The quantitative estimate of drug-likeness (QED) is 0.864. The number of carbonyl (C=O) groups excluding carboxylic acids is 3. The number of rotatable bonds is 2. The van der Waals surface area contributed by atoms with Crippen molar-refractivity contribution in [2.75, 3.05) is 29.2 Å². The molecule has 2 heterocycles. The lowest BCUT2D eigenvalue weighted by Crippen LogP contribution is -2.43. The summed E-state index contributed by atoms with van der Waals surface area (Å²) < 4.78 is 19.2. The number of amides is 3. The molecule has 9 heteroatoms. The first-order chi connectivity index (χ1) is 10.4. The van der Waals surface area contributed by atoms with Gasteiger partial charge in [-0.05, 0) is 6.07 Å². The first kappa shape index (κ1) is 14.6. The van der Waals surface area contributed by atoms with Gasteiger partial charge >= 0.3 is 6.09 Å². The van der Waals surface area contributed by atoms with Crippen LogP contribution in [0.5, 0.6) is 0 Å². The molecule has 0 aromatic heterocycles. The molecule has 3 amide bonds. The van der Waals surface area contributed by atoms with E-state index in [9.17, 15) is 18.8 Å². The van der Waals surface area contributed by atoms with Gasteiger partial charge < -0.3 is 15.4 Å². The lowest BCUT2D eigenvalue weighted by atomic mass is 10.2. The van der Waals surface area contributed by atoms with E-state index in [1.165, 1.54) is 23.7 Å². The molecule has 7 nitrogen and oxygen atoms in total. The first-order valence-electron chi connectivity index (χ1n) is 6.38. The van der Waals surface area contributed by atoms with E-state index >= 15 is 0 Å². The van der Waals surface area contributed by atoms with E-state index in [4.69, 9.17) is 10.5 Å². The van der Waals surface area contributed by atoms with Crippen LogP contribution < -0.4 is 15.5 Å². The van der Waals surface area contributed by atoms with Gasteiger partial charge in [0.25, 0.3) is 0 Å². The highest BCUT2D eigenvalue weighted by molar-refractivity contribution is 8.00. The summed E-state index contributed by atoms with van der Waals surface area (Å²) in [6.45, 7) is -0.168. The molecular formula is C13H12FN3O4S. The lowest BCUT2D eigenvalue weighted by molar-refractivity contribution is -0.119. The van der Waals surface area contributed by atoms with E-state index in [-0.39, 0.29) is 29.6 Å². The number of hydrogen-bond acceptors (Lipinski definition) is 5. The van der Waals surface area contributed by atoms with Gasteiger partial charge in [0.05, 0.1) is 17.1 Å². The van der Waals surface area contributed by atoms with Crippen molar-refractivity contribution >= 4 is 41.0 Å². The highest BCUT2D eigenvalue weighted by Crippen LogP contribution is 2.40. The molecule has 1 aromatic rings. The Morgan fingerprint density at radius 3 is 2.86 bits per heavy atom. The molecule has 0 unspecified atom stereocenters. The summed E-state index contributed by atoms with van der Waals surface area (Å²) in [4.78, 5) is 37.6. The zero-order valence-corrected chi connectivity index (χ0v) is 12.4. The standard InChI is InChI=1S/C13H12FN3O4S/c1-16-10(18)5-22-9-3-6(2-7(14)11(9)16)17-8(12(15)19)4-21-13(17)20/h2-3,8H,4-5H2,1H3,(H2,15,19)/t8-/m0/s1. The number of thioether (sulfide) groups is 1. The van der Waals surface area contributed by atoms with E-state index in [1.54, 1.807) is 6.07 Å². The summed E-state index contributed by atoms with van der Waals surface area (Å²) in [7, 11) is 1.49. The fourth-order valence-electron chi connectivity index (χ4n) is 2.41. The third-order valence-electron chi connectivity index (χ3n) is 3.55. The summed E-state index contributed by atoms with van der Waals surface area (Å²) in [5.74, 6) is -1.42. The third kappa shape index (κ3) is 2.17. The topological polar surface area (TPSA) is 92.9 Å². The van der Waals surface area contributed by atoms with Crippen LogP contribution >= 0.6 is 11.8 Å². The van der Waals surface area contributed by atoms with Crippen molar-refractivity contribution in [3.63, 3.8) is 0 Å². The number of benzene rings is 1. The largest absolute Gasteiger partial charge is 0.446 e. The van der Waals surface area contributed by atoms with Crippen LogP contribution in [0.1, 0.15) is 0 Å². The minimum absolute atomic E-state index is 0.160. The van der Waals surface area contributed by atoms with Crippen molar-refractivity contribution in [3.8, 4) is 0 Å². The number of hydrogen-bond donors (Lipinski definition) is 1. The Hall–Kier alpha value is -2.29. The molecule has 0 saturated carbocycles. The number of ether oxygens (including phenoxy) is 1. The average Bonchev–Trinajstić information content (AvgIpc) is 2.84. The molecule has 1 saturated heterocycles. The Bertz CT molecular complexity index is 696. The number of primary amides is 1. The molecule has 2 N–H and O–H groups in total. The summed E-state index contributed by atoms with van der Waals surface area (Å²) in [6.07, 6.45) is -0.756. The van der Waals surface area contributed by atoms with Gasteiger partial charge in [-0.2, -0.15) is 0 Å². The number of nitrogens with two attached hydrogens (primary N) is 1. The Morgan fingerprint density at radius 2 is 2.18 bits per heavy atom. The summed E-state index contributed by atoms with van der Waals surface area (Å²) in [6, 6.07) is 1.67. The Morgan fingerprint density at radius 1 is 1.45 bits per heavy atom. The second-order valence-electron chi connectivity index (χ2n) is 4.88. The van der Waals surface area contributed by atoms with Crippen LogP contribution in [0.3, 0.4) is 0 Å². The Balaban J connectivity index is 2.06. The highest BCUT2D eigenvalue weighted by Gasteiger charge is 2.39. The minimum atomic E-state index is -0.974. The van der Waals surface area contributed by atoms with Gasteiger partial charge in [-0.3, -0.25) is 14.5 Å². The molecule has 1 atom stereocenters. The predicted molar refractivity (Wildman–Crippen MR) is 77.3 cm³/mol. The molecule has 0 radical (unpaired) electrons. The van der Waals surface area contributed by atoms with Crippen molar-refractivity contribution < 1.29 is 23.5 Å². The highest BCUT2D eigenvalue weighted by atomic mass is 32.2. The molecule has 1 fully saturated rings. The van der Waals surface area contributed by atoms with Crippen molar-refractivity contribution in [1.29, 1.82) is 0 Å². The van der Waals surface area contributed by atoms with Crippen molar-refractivity contribution in [2.45, 2.75) is 10.9 Å². The molecular weight excluding hydrogens is 313 g/mol. The third-order valence-corrected chi connectivity index (χ3v) is 4.57. The molecule has 22 heavy (non-hydrogen) atoms. The predicted octanol–water partition coefficient (Wildman–Crippen LogP) is 0.705. The van der Waals surface area contributed by atoms with Crippen molar-refractivity contribution in [1.82, 2.24) is 0 Å². The number of halogens is 1. The van der Waals surface area contributed by atoms with Crippen LogP contribution in [0.4, 0.5) is 20.6 Å². The number of fused-ring (bicyclic) bond motifs is 1. The van der Waals surface area contributed by atoms with Gasteiger partial charge in [0.15, 0.2) is 6.04 Å². The minimum Gasteiger partial charge on any atom is -0.446 e. The van der Waals surface area contributed by atoms with Gasteiger partial charge in [-0.1, -0.05) is 0 Å². The molecule has 2 aliphatic heterocycles. The van der Waals surface area contributed by atoms with Crippen LogP contribution in [0.2, 0.25) is 0 Å². The summed E-state index contributed by atoms with van der Waals surface area (Å²) in [5, 5.41) is 0. The smallest absolute Gasteiger partial charge is 0.415 e. The van der Waals surface area contributed by atoms with E-state index in [2.05, 4.69) is 0 Å². The molecule has 1 aromatic carbocycles. The maximum Gasteiger partial charge on any atom is 0.415 e. The zero-order valence-electron chi connectivity index (χ0n) is 11.5. The Kier molecular flexibility index (Phi) is 3.44. The number of nitrogens with zero attached hydrogens (tertiary/aromatic N) is 2. The SMILES string of the molecule is CN1C(=O)CSc2cc(N3C(=O)OC[C@H]3C(N)=O)cc(F)c21. The average molecular weight is 325 g/mol. The van der Waals surface area contributed by atoms with Crippen LogP contribution in [0.25, 0.3) is 0 Å². The van der Waals surface area contributed by atoms with E-state index in [0.29, 0.717) is 4.90 Å². The van der Waals surface area contributed by atoms with E-state index in [0.717, 1.165) is 11.0 Å². The van der Waals surface area contributed by atoms with Gasteiger partial charge in [-0.15, -0.1) is 11.8 Å². The monoisotopic (exact) mass is 325 g/mol. The normalized spacial score (nSPS) is 20.9. The fourth-order valence-corrected chi connectivity index (χ4v) is 3.46. The zero-order chi connectivity index (χ0) is 16.0. The van der Waals surface area contributed by atoms with Crippen LogP contribution in [0.15, 0.2) is 17.0 Å². The van der Waals surface area contributed by atoms with E-state index < -0.39 is 23.9 Å². The fraction of sp³-hybridized carbons (Fsp3) is 0.308. The number of cyclic esters (lactones) is 1. The van der Waals surface area contributed by atoms with Gasteiger partial charge in [0.1, 0.15) is 12.4 Å². The molecule has 0 aliphatic carbocycles. The van der Waals surface area contributed by atoms with Gasteiger partial charge in [0.2, 0.25) is 11.8 Å². The number of carbonyl (C=O) groups is 3. The molecule has 3 rings (SSSR count). The van der Waals surface area contributed by atoms with Crippen LogP contribution in [-0.2, 0) is 14.3 Å². The van der Waals surface area contributed by atoms with Crippen molar-refractivity contribution in [2.24, 2.45) is 5.73 Å². The summed E-state index contributed by atoms with van der Waals surface area (Å²) >= 11 is 1.17. The number of anilines is 2. The molecule has 2 aliphatic rings. The van der Waals surface area contributed by atoms with Gasteiger partial charge in [-0.25, -0.2) is 9.18 Å². The second-order valence-corrected chi connectivity index (χ2v) is 5.90. The maximum absolute atomic E-state index is 14.4. The molecule has 116 valence electrons. The van der Waals surface area contributed by atoms with Gasteiger partial charge in [0, 0.05) is 18.0 Å². The lowest BCUT2D eigenvalue weighted by Gasteiger charge is -2.27. The summed E-state index contributed by atoms with van der Waals surface area (Å²) in [5.41, 5.74) is 5.58. The second kappa shape index (κ2) is 5.16. The maximum atomic E-state index is 14.4. The Labute approximate surface area is 129 Å². The molecule has 0 spiro atoms. The van der Waals surface area contributed by atoms with Crippen LogP contribution in [0, 0.1) is 5.82 Å².